The molecule has 0 aliphatic rings. The van der Waals surface area contributed by atoms with Gasteiger partial charge in [-0.3, -0.25) is 23.9 Å². The first-order valence-electron chi connectivity index (χ1n) is 8.65. The second kappa shape index (κ2) is 9.51. The van der Waals surface area contributed by atoms with Crippen LogP contribution in [0.4, 0.5) is 0 Å². The van der Waals surface area contributed by atoms with E-state index in [1.807, 2.05) is 35.3 Å². The molecule has 144 valence electrons. The minimum Gasteiger partial charge on any atom is -0.454 e. The minimum atomic E-state index is -0.751. The van der Waals surface area contributed by atoms with E-state index in [4.69, 9.17) is 4.74 Å². The summed E-state index contributed by atoms with van der Waals surface area (Å²) in [5, 5.41) is 2.87. The first-order valence-corrected chi connectivity index (χ1v) is 8.65. The summed E-state index contributed by atoms with van der Waals surface area (Å²) in [5.41, 5.74) is -0.295. The zero-order valence-corrected chi connectivity index (χ0v) is 15.3. The summed E-state index contributed by atoms with van der Waals surface area (Å²) in [7, 11) is 0. The summed E-state index contributed by atoms with van der Waals surface area (Å²) in [4.78, 5) is 48.6. The highest BCUT2D eigenvalue weighted by atomic mass is 16.5. The van der Waals surface area contributed by atoms with Crippen molar-refractivity contribution in [3.05, 3.63) is 69.0 Å². The number of H-pyrrole nitrogens is 1. The molecule has 0 bridgehead atoms. The van der Waals surface area contributed by atoms with Gasteiger partial charge in [0, 0.05) is 12.3 Å². The van der Waals surface area contributed by atoms with E-state index < -0.39 is 36.3 Å². The normalized spacial score (nSPS) is 11.8. The fraction of sp³-hybridized carbons (Fsp3) is 0.368. The highest BCUT2D eigenvalue weighted by molar-refractivity contribution is 5.80. The predicted molar refractivity (Wildman–Crippen MR) is 99.1 cm³/mol. The van der Waals surface area contributed by atoms with Gasteiger partial charge in [0.2, 0.25) is 0 Å². The molecule has 1 aromatic carbocycles. The van der Waals surface area contributed by atoms with Crippen molar-refractivity contribution in [3.8, 4) is 0 Å². The van der Waals surface area contributed by atoms with Crippen molar-refractivity contribution in [1.82, 2.24) is 14.9 Å². The Morgan fingerprint density at radius 2 is 1.85 bits per heavy atom. The van der Waals surface area contributed by atoms with Crippen LogP contribution in [-0.2, 0) is 20.9 Å². The molecular formula is C19H23N3O5. The lowest BCUT2D eigenvalue weighted by atomic mass is 9.97. The van der Waals surface area contributed by atoms with Crippen LogP contribution in [0.15, 0.2) is 52.2 Å². The van der Waals surface area contributed by atoms with Crippen LogP contribution in [0.25, 0.3) is 0 Å². The van der Waals surface area contributed by atoms with Gasteiger partial charge in [0.1, 0.15) is 6.54 Å². The number of esters is 1. The lowest BCUT2D eigenvalue weighted by molar-refractivity contribution is -0.149. The van der Waals surface area contributed by atoms with E-state index in [1.165, 1.54) is 6.20 Å². The Bertz CT molecular complexity index is 886. The van der Waals surface area contributed by atoms with E-state index >= 15 is 0 Å². The van der Waals surface area contributed by atoms with Crippen molar-refractivity contribution in [1.29, 1.82) is 0 Å². The van der Waals surface area contributed by atoms with Gasteiger partial charge in [-0.2, -0.15) is 0 Å². The molecule has 1 amide bonds. The van der Waals surface area contributed by atoms with Gasteiger partial charge in [0.15, 0.2) is 6.61 Å². The number of carbonyl (C=O) groups is 2. The van der Waals surface area contributed by atoms with Crippen molar-refractivity contribution >= 4 is 11.9 Å². The average Bonchev–Trinajstić information content (AvgIpc) is 2.62. The minimum absolute atomic E-state index is 0.181. The van der Waals surface area contributed by atoms with Gasteiger partial charge in [-0.1, -0.05) is 44.2 Å². The quantitative estimate of drug-likeness (QED) is 0.671. The van der Waals surface area contributed by atoms with Gasteiger partial charge < -0.3 is 10.1 Å². The lowest BCUT2D eigenvalue weighted by Gasteiger charge is -2.21. The van der Waals surface area contributed by atoms with Crippen LogP contribution in [0.3, 0.4) is 0 Å². The van der Waals surface area contributed by atoms with Crippen LogP contribution in [0.2, 0.25) is 0 Å². The fourth-order valence-electron chi connectivity index (χ4n) is 2.57. The van der Waals surface area contributed by atoms with Crippen molar-refractivity contribution in [2.24, 2.45) is 5.92 Å². The molecule has 0 radical (unpaired) electrons. The Morgan fingerprint density at radius 1 is 1.15 bits per heavy atom. The van der Waals surface area contributed by atoms with Crippen molar-refractivity contribution in [2.75, 3.05) is 6.61 Å². The Kier molecular flexibility index (Phi) is 7.10. The summed E-state index contributed by atoms with van der Waals surface area (Å²) in [5.74, 6) is -0.809. The number of aromatic amines is 1. The molecule has 2 N–H and O–H groups in total. The Labute approximate surface area is 156 Å². The Morgan fingerprint density at radius 3 is 2.48 bits per heavy atom. The summed E-state index contributed by atoms with van der Waals surface area (Å²) >= 11 is 0. The first kappa shape index (κ1) is 20.2. The molecule has 0 unspecified atom stereocenters. The van der Waals surface area contributed by atoms with Gasteiger partial charge >= 0.3 is 11.7 Å². The molecule has 2 aromatic rings. The van der Waals surface area contributed by atoms with Gasteiger partial charge in [-0.05, 0) is 17.9 Å². The molecule has 0 saturated carbocycles. The van der Waals surface area contributed by atoms with E-state index in [2.05, 4.69) is 19.2 Å². The molecule has 1 atom stereocenters. The molecule has 1 aromatic heterocycles. The molecule has 8 heteroatoms. The number of ether oxygens (including phenoxy) is 1. The fourth-order valence-corrected chi connectivity index (χ4v) is 2.57. The summed E-state index contributed by atoms with van der Waals surface area (Å²) in [6.07, 6.45) is 1.94. The molecule has 27 heavy (non-hydrogen) atoms. The number of benzene rings is 1. The third-order valence-electron chi connectivity index (χ3n) is 3.80. The molecule has 0 saturated heterocycles. The van der Waals surface area contributed by atoms with Gasteiger partial charge in [0.25, 0.3) is 11.5 Å². The second-order valence-electron chi connectivity index (χ2n) is 6.56. The SMILES string of the molecule is CC(C)C[C@H](NC(=O)COC(=O)Cn1ccc(=O)[nH]c1=O)c1ccccc1. The van der Waals surface area contributed by atoms with Crippen LogP contribution in [0.5, 0.6) is 0 Å². The van der Waals surface area contributed by atoms with Crippen molar-refractivity contribution in [3.63, 3.8) is 0 Å². The number of nitrogens with one attached hydrogen (secondary N) is 2. The highest BCUT2D eigenvalue weighted by Crippen LogP contribution is 2.20. The maximum Gasteiger partial charge on any atom is 0.328 e. The van der Waals surface area contributed by atoms with Crippen LogP contribution in [0, 0.1) is 5.92 Å². The number of hydrogen-bond acceptors (Lipinski definition) is 5. The Hall–Kier alpha value is -3.16. The van der Waals surface area contributed by atoms with Crippen LogP contribution in [-0.4, -0.2) is 28.0 Å². The van der Waals surface area contributed by atoms with Gasteiger partial charge in [-0.25, -0.2) is 4.79 Å². The van der Waals surface area contributed by atoms with E-state index in [1.54, 1.807) is 0 Å². The average molecular weight is 373 g/mol. The van der Waals surface area contributed by atoms with E-state index in [0.717, 1.165) is 22.6 Å². The predicted octanol–water partition coefficient (Wildman–Crippen LogP) is 0.983. The number of carbonyl (C=O) groups excluding carboxylic acids is 2. The zero-order chi connectivity index (χ0) is 19.8. The number of rotatable bonds is 8. The smallest absolute Gasteiger partial charge is 0.328 e. The van der Waals surface area contributed by atoms with Crippen LogP contribution < -0.4 is 16.6 Å². The number of aromatic nitrogens is 2. The molecule has 1 heterocycles. The zero-order valence-electron chi connectivity index (χ0n) is 15.3. The molecule has 8 nitrogen and oxygen atoms in total. The monoisotopic (exact) mass is 373 g/mol. The standard InChI is InChI=1S/C19H23N3O5/c1-13(2)10-15(14-6-4-3-5-7-14)20-17(24)12-27-18(25)11-22-9-8-16(23)21-19(22)26/h3-9,13,15H,10-12H2,1-2H3,(H,20,24)(H,21,23,26)/t15-/m0/s1. The third kappa shape index (κ3) is 6.58. The Balaban J connectivity index is 1.90. The number of hydrogen-bond donors (Lipinski definition) is 2. The summed E-state index contributed by atoms with van der Waals surface area (Å²) in [6.45, 7) is 3.28. The molecular weight excluding hydrogens is 350 g/mol. The van der Waals surface area contributed by atoms with Crippen molar-refractivity contribution < 1.29 is 14.3 Å². The van der Waals surface area contributed by atoms with Crippen molar-refractivity contribution in [2.45, 2.75) is 32.9 Å². The molecule has 2 rings (SSSR count). The molecule has 0 spiro atoms. The van der Waals surface area contributed by atoms with E-state index in [0.29, 0.717) is 5.92 Å². The molecule has 0 fully saturated rings. The summed E-state index contributed by atoms with van der Waals surface area (Å²) in [6, 6.07) is 10.5. The van der Waals surface area contributed by atoms with Crippen LogP contribution in [0.1, 0.15) is 31.9 Å². The largest absolute Gasteiger partial charge is 0.454 e. The van der Waals surface area contributed by atoms with E-state index in [-0.39, 0.29) is 6.04 Å². The maximum absolute atomic E-state index is 12.2. The topological polar surface area (TPSA) is 110 Å². The summed E-state index contributed by atoms with van der Waals surface area (Å²) < 4.78 is 5.93. The second-order valence-corrected chi connectivity index (χ2v) is 6.56. The lowest BCUT2D eigenvalue weighted by Crippen LogP contribution is -2.35. The number of amides is 1. The maximum atomic E-state index is 12.2. The van der Waals surface area contributed by atoms with E-state index in [9.17, 15) is 19.2 Å². The molecule has 0 aliphatic heterocycles. The highest BCUT2D eigenvalue weighted by Gasteiger charge is 2.17. The van der Waals surface area contributed by atoms with Gasteiger partial charge in [-0.15, -0.1) is 0 Å². The van der Waals surface area contributed by atoms with Gasteiger partial charge in [0.05, 0.1) is 6.04 Å². The number of nitrogens with zero attached hydrogens (tertiary/aromatic N) is 1. The first-order chi connectivity index (χ1) is 12.8. The third-order valence-corrected chi connectivity index (χ3v) is 3.80. The van der Waals surface area contributed by atoms with Crippen LogP contribution >= 0.6 is 0 Å². The molecule has 0 aliphatic carbocycles.